The Morgan fingerprint density at radius 1 is 1.70 bits per heavy atom. The molecule has 0 unspecified atom stereocenters. The van der Waals surface area contributed by atoms with E-state index in [-0.39, 0.29) is 17.1 Å². The number of amidine groups is 1. The summed E-state index contributed by atoms with van der Waals surface area (Å²) in [5.74, 6) is 0.194. The van der Waals surface area contributed by atoms with E-state index in [0.717, 1.165) is 11.8 Å². The summed E-state index contributed by atoms with van der Waals surface area (Å²) in [7, 11) is -3.89. The van der Waals surface area contributed by atoms with Gasteiger partial charge in [-0.25, -0.2) is 0 Å². The first-order chi connectivity index (χ1) is 4.42. The third-order valence-electron chi connectivity index (χ3n) is 0.640. The second-order valence-corrected chi connectivity index (χ2v) is 4.51. The number of rotatable bonds is 3. The van der Waals surface area contributed by atoms with Crippen molar-refractivity contribution < 1.29 is 14.4 Å². The van der Waals surface area contributed by atoms with Crippen LogP contribution in [0.25, 0.3) is 0 Å². The van der Waals surface area contributed by atoms with Crippen LogP contribution >= 0.6 is 19.4 Å². The first-order valence-electron chi connectivity index (χ1n) is 2.43. The molecule has 10 heavy (non-hydrogen) atoms. The summed E-state index contributed by atoms with van der Waals surface area (Å²) in [5.41, 5.74) is 4.92. The van der Waals surface area contributed by atoms with Crippen molar-refractivity contribution in [2.45, 2.75) is 0 Å². The van der Waals surface area contributed by atoms with Gasteiger partial charge < -0.3 is 15.5 Å². The number of nitrogens with one attached hydrogen (secondary N) is 1. The molecule has 0 aromatic heterocycles. The summed E-state index contributed by atoms with van der Waals surface area (Å²) in [4.78, 5) is 16.6. The molecule has 0 bridgehead atoms. The summed E-state index contributed by atoms with van der Waals surface area (Å²) in [6, 6.07) is 0. The molecular formula is C3H9N2O3PS. The highest BCUT2D eigenvalue weighted by Crippen LogP contribution is 2.34. The van der Waals surface area contributed by atoms with Gasteiger partial charge in [-0.2, -0.15) is 0 Å². The summed E-state index contributed by atoms with van der Waals surface area (Å²) >= 11 is 0.927. The van der Waals surface area contributed by atoms with Gasteiger partial charge in [-0.3, -0.25) is 9.97 Å². The molecule has 0 radical (unpaired) electrons. The lowest BCUT2D eigenvalue weighted by atomic mass is 11.0. The molecule has 0 heterocycles. The zero-order chi connectivity index (χ0) is 8.20. The molecule has 0 aliphatic carbocycles. The van der Waals surface area contributed by atoms with Crippen molar-refractivity contribution in [2.75, 3.05) is 11.9 Å². The first kappa shape index (κ1) is 9.97. The van der Waals surface area contributed by atoms with E-state index < -0.39 is 7.60 Å². The normalized spacial score (nSPS) is 11.4. The van der Waals surface area contributed by atoms with Crippen molar-refractivity contribution in [1.82, 2.24) is 0 Å². The minimum absolute atomic E-state index is 0.117. The number of hydrogen-bond donors (Lipinski definition) is 4. The predicted molar refractivity (Wildman–Crippen MR) is 41.3 cm³/mol. The van der Waals surface area contributed by atoms with Crippen LogP contribution in [-0.2, 0) is 4.57 Å². The topological polar surface area (TPSA) is 107 Å². The van der Waals surface area contributed by atoms with Crippen molar-refractivity contribution in [2.24, 2.45) is 5.73 Å². The van der Waals surface area contributed by atoms with Gasteiger partial charge in [-0.1, -0.05) is 11.8 Å². The molecule has 5 nitrogen and oxygen atoms in total. The molecule has 0 saturated carbocycles. The minimum Gasteiger partial charge on any atom is -0.379 e. The zero-order valence-electron chi connectivity index (χ0n) is 5.15. The standard InChI is InChI=1S/C3H9N2O3PS/c4-3(5)10-2-1-9(6,7)8/h1-2H2,(H3,4,5)(H2,6,7,8). The van der Waals surface area contributed by atoms with E-state index in [0.29, 0.717) is 0 Å². The average Bonchev–Trinajstić information content (AvgIpc) is 1.59. The molecule has 0 saturated heterocycles. The maximum atomic E-state index is 10.2. The molecule has 0 aromatic rings. The molecule has 0 spiro atoms. The van der Waals surface area contributed by atoms with Gasteiger partial charge in [0.2, 0.25) is 0 Å². The highest BCUT2D eigenvalue weighted by Gasteiger charge is 2.11. The van der Waals surface area contributed by atoms with Crippen LogP contribution in [0.1, 0.15) is 0 Å². The van der Waals surface area contributed by atoms with E-state index in [1.54, 1.807) is 0 Å². The highest BCUT2D eigenvalue weighted by atomic mass is 32.2. The third-order valence-corrected chi connectivity index (χ3v) is 2.47. The predicted octanol–water partition coefficient (Wildman–Crippen LogP) is -0.209. The van der Waals surface area contributed by atoms with Gasteiger partial charge in [0.05, 0.1) is 6.16 Å². The fourth-order valence-corrected chi connectivity index (χ4v) is 1.81. The smallest absolute Gasteiger partial charge is 0.326 e. The van der Waals surface area contributed by atoms with Crippen molar-refractivity contribution in [3.63, 3.8) is 0 Å². The fourth-order valence-electron chi connectivity index (χ4n) is 0.275. The van der Waals surface area contributed by atoms with Gasteiger partial charge in [0, 0.05) is 5.75 Å². The van der Waals surface area contributed by atoms with Crippen molar-refractivity contribution in [1.29, 1.82) is 5.41 Å². The average molecular weight is 184 g/mol. The molecule has 0 atom stereocenters. The van der Waals surface area contributed by atoms with E-state index in [1.165, 1.54) is 0 Å². The molecule has 0 aliphatic rings. The summed E-state index contributed by atoms with van der Waals surface area (Å²) in [6.07, 6.45) is -0.225. The Bertz CT molecular complexity index is 167. The molecule has 0 rings (SSSR count). The van der Waals surface area contributed by atoms with Crippen LogP contribution in [0.3, 0.4) is 0 Å². The zero-order valence-corrected chi connectivity index (χ0v) is 6.86. The quantitative estimate of drug-likeness (QED) is 0.276. The van der Waals surface area contributed by atoms with E-state index >= 15 is 0 Å². The lowest BCUT2D eigenvalue weighted by Crippen LogP contribution is -2.06. The summed E-state index contributed by atoms with van der Waals surface area (Å²) in [5, 5.41) is 6.57. The van der Waals surface area contributed by atoms with Crippen LogP contribution in [0, 0.1) is 5.41 Å². The van der Waals surface area contributed by atoms with E-state index in [4.69, 9.17) is 20.9 Å². The van der Waals surface area contributed by atoms with Gasteiger partial charge >= 0.3 is 7.60 Å². The Balaban J connectivity index is 3.39. The Hall–Kier alpha value is -0.0300. The van der Waals surface area contributed by atoms with E-state index in [2.05, 4.69) is 0 Å². The SMILES string of the molecule is N=C(N)SCCP(=O)(O)O. The van der Waals surface area contributed by atoms with E-state index in [9.17, 15) is 4.57 Å². The fraction of sp³-hybridized carbons (Fsp3) is 0.667. The van der Waals surface area contributed by atoms with Crippen molar-refractivity contribution in [3.05, 3.63) is 0 Å². The second-order valence-electron chi connectivity index (χ2n) is 1.60. The van der Waals surface area contributed by atoms with Gasteiger partial charge in [-0.05, 0) is 0 Å². The third kappa shape index (κ3) is 7.97. The Morgan fingerprint density at radius 2 is 2.20 bits per heavy atom. The van der Waals surface area contributed by atoms with Crippen LogP contribution in [0.15, 0.2) is 0 Å². The van der Waals surface area contributed by atoms with Crippen molar-refractivity contribution >= 4 is 24.5 Å². The van der Waals surface area contributed by atoms with Crippen LogP contribution in [0.2, 0.25) is 0 Å². The molecule has 0 aromatic carbocycles. The van der Waals surface area contributed by atoms with Gasteiger partial charge in [-0.15, -0.1) is 0 Å². The number of thioether (sulfide) groups is 1. The first-order valence-corrected chi connectivity index (χ1v) is 5.21. The highest BCUT2D eigenvalue weighted by molar-refractivity contribution is 8.13. The molecule has 0 aliphatic heterocycles. The second kappa shape index (κ2) is 3.98. The summed E-state index contributed by atoms with van der Waals surface area (Å²) < 4.78 is 10.2. The van der Waals surface area contributed by atoms with E-state index in [1.807, 2.05) is 0 Å². The molecule has 7 heteroatoms. The molecule has 0 amide bonds. The maximum Gasteiger partial charge on any atom is 0.326 e. The molecule has 0 fully saturated rings. The molecule has 60 valence electrons. The van der Waals surface area contributed by atoms with Gasteiger partial charge in [0.25, 0.3) is 0 Å². The lowest BCUT2D eigenvalue weighted by Gasteiger charge is -2.00. The molecule has 5 N–H and O–H groups in total. The Labute approximate surface area is 62.7 Å². The number of hydrogen-bond acceptors (Lipinski definition) is 3. The largest absolute Gasteiger partial charge is 0.379 e. The Kier molecular flexibility index (Phi) is 3.96. The van der Waals surface area contributed by atoms with Crippen LogP contribution < -0.4 is 5.73 Å². The maximum absolute atomic E-state index is 10.2. The van der Waals surface area contributed by atoms with Crippen LogP contribution in [-0.4, -0.2) is 26.9 Å². The monoisotopic (exact) mass is 184 g/mol. The Morgan fingerprint density at radius 3 is 2.50 bits per heavy atom. The lowest BCUT2D eigenvalue weighted by molar-refractivity contribution is 0.375. The molecular weight excluding hydrogens is 175 g/mol. The minimum atomic E-state index is -3.89. The van der Waals surface area contributed by atoms with Gasteiger partial charge in [0.1, 0.15) is 0 Å². The number of nitrogens with two attached hydrogens (primary N) is 1. The van der Waals surface area contributed by atoms with Crippen molar-refractivity contribution in [3.8, 4) is 0 Å². The van der Waals surface area contributed by atoms with Crippen LogP contribution in [0.4, 0.5) is 0 Å². The summed E-state index contributed by atoms with van der Waals surface area (Å²) in [6.45, 7) is 0. The van der Waals surface area contributed by atoms with Crippen LogP contribution in [0.5, 0.6) is 0 Å². The van der Waals surface area contributed by atoms with Gasteiger partial charge in [0.15, 0.2) is 5.17 Å².